The van der Waals surface area contributed by atoms with E-state index >= 15 is 0 Å². The van der Waals surface area contributed by atoms with Crippen LogP contribution in [0.4, 0.5) is 0 Å². The first kappa shape index (κ1) is 16.3. The Balaban J connectivity index is 1.88. The number of ether oxygens (including phenoxy) is 1. The molecule has 2 aliphatic heterocycles. The molecule has 118 valence electrons. The molecule has 0 saturated carbocycles. The van der Waals surface area contributed by atoms with Gasteiger partial charge in [0.15, 0.2) is 0 Å². The van der Waals surface area contributed by atoms with Crippen LogP contribution in [-0.4, -0.2) is 49.3 Å². The standard InChI is InChI=1S/C17H34N2O/c1-5-10-18-15(8-9-17(2,3)4)16-12-19-11-6-7-14(19)13-20-16/h14-16,18H,5-13H2,1-4H3. The number of morpholine rings is 1. The topological polar surface area (TPSA) is 24.5 Å². The van der Waals surface area contributed by atoms with Gasteiger partial charge in [0.05, 0.1) is 12.7 Å². The molecule has 0 aromatic heterocycles. The number of hydrogen-bond acceptors (Lipinski definition) is 3. The number of fused-ring (bicyclic) bond motifs is 1. The Labute approximate surface area is 125 Å². The molecule has 0 radical (unpaired) electrons. The van der Waals surface area contributed by atoms with E-state index < -0.39 is 0 Å². The molecule has 2 saturated heterocycles. The zero-order chi connectivity index (χ0) is 14.6. The maximum Gasteiger partial charge on any atom is 0.0855 e. The van der Waals surface area contributed by atoms with Gasteiger partial charge >= 0.3 is 0 Å². The van der Waals surface area contributed by atoms with Crippen molar-refractivity contribution in [3.8, 4) is 0 Å². The predicted molar refractivity (Wildman–Crippen MR) is 85.1 cm³/mol. The Kier molecular flexibility index (Phi) is 5.88. The SMILES string of the molecule is CCCNC(CCC(C)(C)C)C1CN2CCCC2CO1. The molecule has 0 spiro atoms. The highest BCUT2D eigenvalue weighted by molar-refractivity contribution is 4.90. The molecule has 2 rings (SSSR count). The molecular weight excluding hydrogens is 248 g/mol. The van der Waals surface area contributed by atoms with E-state index in [2.05, 4.69) is 37.9 Å². The molecule has 0 bridgehead atoms. The Morgan fingerprint density at radius 1 is 1.35 bits per heavy atom. The fourth-order valence-electron chi connectivity index (χ4n) is 3.42. The third-order valence-corrected chi connectivity index (χ3v) is 4.73. The maximum absolute atomic E-state index is 6.21. The molecule has 0 amide bonds. The van der Waals surface area contributed by atoms with Crippen LogP contribution in [0.5, 0.6) is 0 Å². The average molecular weight is 282 g/mol. The molecule has 0 aliphatic carbocycles. The summed E-state index contributed by atoms with van der Waals surface area (Å²) in [6.07, 6.45) is 6.77. The van der Waals surface area contributed by atoms with Crippen LogP contribution in [0.15, 0.2) is 0 Å². The molecule has 2 aliphatic rings. The van der Waals surface area contributed by atoms with Crippen molar-refractivity contribution in [1.29, 1.82) is 0 Å². The van der Waals surface area contributed by atoms with E-state index in [0.717, 1.165) is 19.7 Å². The zero-order valence-electron chi connectivity index (χ0n) is 14.0. The van der Waals surface area contributed by atoms with Crippen molar-refractivity contribution in [2.24, 2.45) is 5.41 Å². The molecular formula is C17H34N2O. The molecule has 1 N–H and O–H groups in total. The van der Waals surface area contributed by atoms with Crippen molar-refractivity contribution in [3.63, 3.8) is 0 Å². The molecule has 0 aromatic rings. The second-order valence-electron chi connectivity index (χ2n) is 7.82. The molecule has 3 nitrogen and oxygen atoms in total. The van der Waals surface area contributed by atoms with Crippen LogP contribution >= 0.6 is 0 Å². The van der Waals surface area contributed by atoms with Crippen molar-refractivity contribution in [2.75, 3.05) is 26.2 Å². The van der Waals surface area contributed by atoms with Gasteiger partial charge in [-0.25, -0.2) is 0 Å². The second-order valence-corrected chi connectivity index (χ2v) is 7.82. The lowest BCUT2D eigenvalue weighted by molar-refractivity contribution is -0.0666. The van der Waals surface area contributed by atoms with E-state index in [-0.39, 0.29) is 0 Å². The Hall–Kier alpha value is -0.120. The Bertz CT molecular complexity index is 287. The highest BCUT2D eigenvalue weighted by Crippen LogP contribution is 2.27. The van der Waals surface area contributed by atoms with Crippen LogP contribution < -0.4 is 5.32 Å². The minimum atomic E-state index is 0.387. The van der Waals surface area contributed by atoms with Gasteiger partial charge in [-0.15, -0.1) is 0 Å². The van der Waals surface area contributed by atoms with Gasteiger partial charge in [0.2, 0.25) is 0 Å². The van der Waals surface area contributed by atoms with Gasteiger partial charge in [0, 0.05) is 18.6 Å². The van der Waals surface area contributed by atoms with Crippen LogP contribution in [0.25, 0.3) is 0 Å². The minimum Gasteiger partial charge on any atom is -0.374 e. The molecule has 3 atom stereocenters. The number of nitrogens with one attached hydrogen (secondary N) is 1. The lowest BCUT2D eigenvalue weighted by atomic mass is 9.87. The number of rotatable bonds is 6. The van der Waals surface area contributed by atoms with E-state index in [4.69, 9.17) is 4.74 Å². The van der Waals surface area contributed by atoms with Crippen molar-refractivity contribution in [2.45, 2.75) is 78.0 Å². The van der Waals surface area contributed by atoms with Crippen molar-refractivity contribution < 1.29 is 4.74 Å². The third kappa shape index (κ3) is 4.71. The quantitative estimate of drug-likeness (QED) is 0.810. The molecule has 2 fully saturated rings. The minimum absolute atomic E-state index is 0.387. The number of nitrogens with zero attached hydrogens (tertiary/aromatic N) is 1. The summed E-state index contributed by atoms with van der Waals surface area (Å²) in [7, 11) is 0. The van der Waals surface area contributed by atoms with Crippen LogP contribution in [0.1, 0.15) is 59.8 Å². The van der Waals surface area contributed by atoms with Gasteiger partial charge in [-0.05, 0) is 50.6 Å². The summed E-state index contributed by atoms with van der Waals surface area (Å²) < 4.78 is 6.21. The highest BCUT2D eigenvalue weighted by atomic mass is 16.5. The van der Waals surface area contributed by atoms with Gasteiger partial charge < -0.3 is 10.1 Å². The van der Waals surface area contributed by atoms with Crippen LogP contribution in [0, 0.1) is 5.41 Å². The molecule has 3 heteroatoms. The van der Waals surface area contributed by atoms with Gasteiger partial charge in [-0.3, -0.25) is 4.90 Å². The molecule has 3 unspecified atom stereocenters. The lowest BCUT2D eigenvalue weighted by Crippen LogP contribution is -2.54. The van der Waals surface area contributed by atoms with Crippen molar-refractivity contribution in [1.82, 2.24) is 10.2 Å². The normalized spacial score (nSPS) is 29.4. The fraction of sp³-hybridized carbons (Fsp3) is 1.00. The lowest BCUT2D eigenvalue weighted by Gasteiger charge is -2.40. The predicted octanol–water partition coefficient (Wildman–Crippen LogP) is 3.04. The first-order valence-corrected chi connectivity index (χ1v) is 8.58. The van der Waals surface area contributed by atoms with Gasteiger partial charge in [-0.1, -0.05) is 27.7 Å². The number of hydrogen-bond donors (Lipinski definition) is 1. The monoisotopic (exact) mass is 282 g/mol. The smallest absolute Gasteiger partial charge is 0.0855 e. The van der Waals surface area contributed by atoms with E-state index in [0.29, 0.717) is 23.6 Å². The molecule has 2 heterocycles. The van der Waals surface area contributed by atoms with Gasteiger partial charge in [0.1, 0.15) is 0 Å². The van der Waals surface area contributed by atoms with Crippen LogP contribution in [-0.2, 0) is 4.74 Å². The van der Waals surface area contributed by atoms with Crippen LogP contribution in [0.2, 0.25) is 0 Å². The largest absolute Gasteiger partial charge is 0.374 e. The summed E-state index contributed by atoms with van der Waals surface area (Å²) in [5.74, 6) is 0. The first-order valence-electron chi connectivity index (χ1n) is 8.58. The van der Waals surface area contributed by atoms with E-state index in [1.807, 2.05) is 0 Å². The average Bonchev–Trinajstić information content (AvgIpc) is 2.85. The zero-order valence-corrected chi connectivity index (χ0v) is 14.0. The fourth-order valence-corrected chi connectivity index (χ4v) is 3.42. The van der Waals surface area contributed by atoms with Crippen molar-refractivity contribution >= 4 is 0 Å². The summed E-state index contributed by atoms with van der Waals surface area (Å²) in [4.78, 5) is 2.66. The summed E-state index contributed by atoms with van der Waals surface area (Å²) in [6, 6.07) is 1.23. The Morgan fingerprint density at radius 2 is 2.15 bits per heavy atom. The van der Waals surface area contributed by atoms with E-state index in [1.54, 1.807) is 0 Å². The van der Waals surface area contributed by atoms with Crippen LogP contribution in [0.3, 0.4) is 0 Å². The first-order chi connectivity index (χ1) is 9.49. The van der Waals surface area contributed by atoms with E-state index in [9.17, 15) is 0 Å². The van der Waals surface area contributed by atoms with Gasteiger partial charge in [0.25, 0.3) is 0 Å². The van der Waals surface area contributed by atoms with Gasteiger partial charge in [-0.2, -0.15) is 0 Å². The summed E-state index contributed by atoms with van der Waals surface area (Å²) >= 11 is 0. The summed E-state index contributed by atoms with van der Waals surface area (Å²) in [5, 5.41) is 3.74. The third-order valence-electron chi connectivity index (χ3n) is 4.73. The highest BCUT2D eigenvalue weighted by Gasteiger charge is 2.35. The molecule has 0 aromatic carbocycles. The summed E-state index contributed by atoms with van der Waals surface area (Å²) in [5.41, 5.74) is 0.414. The van der Waals surface area contributed by atoms with Crippen molar-refractivity contribution in [3.05, 3.63) is 0 Å². The Morgan fingerprint density at radius 3 is 2.85 bits per heavy atom. The maximum atomic E-state index is 6.21. The van der Waals surface area contributed by atoms with E-state index in [1.165, 1.54) is 38.6 Å². The molecule has 20 heavy (non-hydrogen) atoms. The second kappa shape index (κ2) is 7.24. The summed E-state index contributed by atoms with van der Waals surface area (Å²) in [6.45, 7) is 13.7.